The molecule has 0 spiro atoms. The summed E-state index contributed by atoms with van der Waals surface area (Å²) in [5.41, 5.74) is 1.17. The summed E-state index contributed by atoms with van der Waals surface area (Å²) in [5.74, 6) is -0.0127. The minimum Gasteiger partial charge on any atom is -0.352 e. The largest absolute Gasteiger partial charge is 0.352 e. The van der Waals surface area contributed by atoms with Gasteiger partial charge in [-0.2, -0.15) is 0 Å². The van der Waals surface area contributed by atoms with Gasteiger partial charge in [0.25, 0.3) is 0 Å². The summed E-state index contributed by atoms with van der Waals surface area (Å²) in [6.45, 7) is 2.01. The number of amides is 1. The first-order valence-electron chi connectivity index (χ1n) is 7.81. The Balaban J connectivity index is 1.73. The number of hydrogen-bond donors (Lipinski definition) is 1. The molecule has 1 N–H and O–H groups in total. The lowest BCUT2D eigenvalue weighted by atomic mass is 10.1. The monoisotopic (exact) mass is 339 g/mol. The number of sulfonamides is 1. The van der Waals surface area contributed by atoms with Gasteiger partial charge in [-0.25, -0.2) is 12.7 Å². The van der Waals surface area contributed by atoms with Gasteiger partial charge in [0.05, 0.1) is 12.8 Å². The first kappa shape index (κ1) is 17.9. The maximum absolute atomic E-state index is 12.1. The zero-order chi connectivity index (χ0) is 16.9. The van der Waals surface area contributed by atoms with Crippen molar-refractivity contribution in [2.45, 2.75) is 25.4 Å². The normalized spacial score (nSPS) is 17.3. The molecule has 23 heavy (non-hydrogen) atoms. The number of piperidine rings is 1. The molecule has 0 saturated carbocycles. The van der Waals surface area contributed by atoms with Crippen molar-refractivity contribution in [3.63, 3.8) is 0 Å². The Hall–Kier alpha value is -1.44. The molecule has 1 aliphatic rings. The van der Waals surface area contributed by atoms with E-state index in [0.717, 1.165) is 6.54 Å². The smallest absolute Gasteiger partial charge is 0.234 e. The van der Waals surface area contributed by atoms with Gasteiger partial charge in [0.15, 0.2) is 0 Å². The number of nitrogens with zero attached hydrogens (tertiary/aromatic N) is 2. The van der Waals surface area contributed by atoms with Crippen LogP contribution in [0.25, 0.3) is 0 Å². The van der Waals surface area contributed by atoms with E-state index >= 15 is 0 Å². The highest BCUT2D eigenvalue weighted by Crippen LogP contribution is 2.13. The lowest BCUT2D eigenvalue weighted by Crippen LogP contribution is -2.48. The van der Waals surface area contributed by atoms with Crippen LogP contribution >= 0.6 is 0 Å². The maximum atomic E-state index is 12.1. The summed E-state index contributed by atoms with van der Waals surface area (Å²) in [6.07, 6.45) is 2.56. The Morgan fingerprint density at radius 3 is 2.43 bits per heavy atom. The highest BCUT2D eigenvalue weighted by atomic mass is 32.2. The third kappa shape index (κ3) is 5.93. The van der Waals surface area contributed by atoms with Crippen LogP contribution in [0.2, 0.25) is 0 Å². The SMILES string of the molecule is CN(CC(=O)NC1CCN(S(C)(=O)=O)CC1)Cc1ccccc1. The second kappa shape index (κ2) is 7.90. The first-order valence-corrected chi connectivity index (χ1v) is 9.66. The predicted molar refractivity (Wildman–Crippen MR) is 90.4 cm³/mol. The summed E-state index contributed by atoms with van der Waals surface area (Å²) in [5, 5.41) is 3.01. The van der Waals surface area contributed by atoms with Gasteiger partial charge in [-0.1, -0.05) is 30.3 Å². The van der Waals surface area contributed by atoms with Crippen molar-refractivity contribution in [2.24, 2.45) is 0 Å². The van der Waals surface area contributed by atoms with Crippen LogP contribution in [0.4, 0.5) is 0 Å². The van der Waals surface area contributed by atoms with Crippen LogP contribution in [-0.4, -0.2) is 62.5 Å². The van der Waals surface area contributed by atoms with E-state index in [0.29, 0.717) is 32.5 Å². The molecule has 2 rings (SSSR count). The van der Waals surface area contributed by atoms with Crippen molar-refractivity contribution in [3.8, 4) is 0 Å². The molecular weight excluding hydrogens is 314 g/mol. The van der Waals surface area contributed by atoms with Crippen molar-refractivity contribution >= 4 is 15.9 Å². The Morgan fingerprint density at radius 2 is 1.87 bits per heavy atom. The van der Waals surface area contributed by atoms with E-state index in [1.807, 2.05) is 42.3 Å². The molecule has 128 valence electrons. The van der Waals surface area contributed by atoms with Crippen LogP contribution < -0.4 is 5.32 Å². The average Bonchev–Trinajstić information content (AvgIpc) is 2.47. The van der Waals surface area contributed by atoms with Crippen LogP contribution in [0.15, 0.2) is 30.3 Å². The number of hydrogen-bond acceptors (Lipinski definition) is 4. The topological polar surface area (TPSA) is 69.7 Å². The molecule has 1 aliphatic heterocycles. The van der Waals surface area contributed by atoms with Crippen molar-refractivity contribution in [2.75, 3.05) is 32.9 Å². The quantitative estimate of drug-likeness (QED) is 0.827. The van der Waals surface area contributed by atoms with Gasteiger partial charge in [0.1, 0.15) is 0 Å². The number of nitrogens with one attached hydrogen (secondary N) is 1. The standard InChI is InChI=1S/C16H25N3O3S/c1-18(12-14-6-4-3-5-7-14)13-16(20)17-15-8-10-19(11-9-15)23(2,21)22/h3-7,15H,8-13H2,1-2H3,(H,17,20). The van der Waals surface area contributed by atoms with Crippen molar-refractivity contribution < 1.29 is 13.2 Å². The number of carbonyl (C=O) groups excluding carboxylic acids is 1. The fourth-order valence-corrected chi connectivity index (χ4v) is 3.68. The van der Waals surface area contributed by atoms with Crippen LogP contribution in [0, 0.1) is 0 Å². The molecule has 1 amide bonds. The number of benzene rings is 1. The molecular formula is C16H25N3O3S. The molecule has 7 heteroatoms. The number of carbonyl (C=O) groups is 1. The van der Waals surface area contributed by atoms with Gasteiger partial charge in [-0.05, 0) is 25.5 Å². The zero-order valence-corrected chi connectivity index (χ0v) is 14.6. The van der Waals surface area contributed by atoms with Crippen molar-refractivity contribution in [3.05, 3.63) is 35.9 Å². The zero-order valence-electron chi connectivity index (χ0n) is 13.7. The molecule has 0 unspecified atom stereocenters. The van der Waals surface area contributed by atoms with E-state index in [4.69, 9.17) is 0 Å². The summed E-state index contributed by atoms with van der Waals surface area (Å²) in [4.78, 5) is 14.1. The van der Waals surface area contributed by atoms with Gasteiger partial charge in [0.2, 0.25) is 15.9 Å². The van der Waals surface area contributed by atoms with E-state index in [2.05, 4.69) is 5.32 Å². The highest BCUT2D eigenvalue weighted by Gasteiger charge is 2.25. The van der Waals surface area contributed by atoms with Crippen LogP contribution in [0.1, 0.15) is 18.4 Å². The molecule has 1 saturated heterocycles. The van der Waals surface area contributed by atoms with Gasteiger partial charge in [-0.15, -0.1) is 0 Å². The van der Waals surface area contributed by atoms with Crippen molar-refractivity contribution in [1.82, 2.24) is 14.5 Å². The molecule has 0 aromatic heterocycles. The van der Waals surface area contributed by atoms with E-state index < -0.39 is 10.0 Å². The molecule has 0 aliphatic carbocycles. The molecule has 0 radical (unpaired) electrons. The van der Waals surface area contributed by atoms with Crippen LogP contribution in [0.3, 0.4) is 0 Å². The third-order valence-electron chi connectivity index (χ3n) is 4.00. The summed E-state index contributed by atoms with van der Waals surface area (Å²) >= 11 is 0. The molecule has 6 nitrogen and oxygen atoms in total. The maximum Gasteiger partial charge on any atom is 0.234 e. The molecule has 1 aromatic carbocycles. The van der Waals surface area contributed by atoms with Gasteiger partial charge >= 0.3 is 0 Å². The summed E-state index contributed by atoms with van der Waals surface area (Å²) < 4.78 is 24.4. The number of likely N-dealkylation sites (N-methyl/N-ethyl adjacent to an activating group) is 1. The molecule has 0 bridgehead atoms. The molecule has 1 fully saturated rings. The Kier molecular flexibility index (Phi) is 6.15. The van der Waals surface area contributed by atoms with E-state index in [-0.39, 0.29) is 11.9 Å². The fourth-order valence-electron chi connectivity index (χ4n) is 2.80. The third-order valence-corrected chi connectivity index (χ3v) is 5.30. The number of rotatable bonds is 6. The second-order valence-electron chi connectivity index (χ2n) is 6.16. The molecule has 0 atom stereocenters. The minimum atomic E-state index is -3.12. The predicted octanol–water partition coefficient (Wildman–Crippen LogP) is 0.659. The lowest BCUT2D eigenvalue weighted by Gasteiger charge is -2.31. The Labute approximate surface area is 138 Å². The molecule has 1 aromatic rings. The average molecular weight is 339 g/mol. The van der Waals surface area contributed by atoms with Gasteiger partial charge in [-0.3, -0.25) is 9.69 Å². The molecule has 1 heterocycles. The van der Waals surface area contributed by atoms with Gasteiger partial charge < -0.3 is 5.32 Å². The fraction of sp³-hybridized carbons (Fsp3) is 0.562. The van der Waals surface area contributed by atoms with E-state index in [9.17, 15) is 13.2 Å². The lowest BCUT2D eigenvalue weighted by molar-refractivity contribution is -0.123. The second-order valence-corrected chi connectivity index (χ2v) is 8.14. The Bertz CT molecular complexity index is 611. The van der Waals surface area contributed by atoms with Crippen LogP contribution in [0.5, 0.6) is 0 Å². The van der Waals surface area contributed by atoms with Gasteiger partial charge in [0, 0.05) is 25.7 Å². The van der Waals surface area contributed by atoms with Crippen molar-refractivity contribution in [1.29, 1.82) is 0 Å². The van der Waals surface area contributed by atoms with Crippen LogP contribution in [-0.2, 0) is 21.4 Å². The summed E-state index contributed by atoms with van der Waals surface area (Å²) in [7, 11) is -1.20. The summed E-state index contributed by atoms with van der Waals surface area (Å²) in [6, 6.07) is 10.1. The minimum absolute atomic E-state index is 0.0127. The highest BCUT2D eigenvalue weighted by molar-refractivity contribution is 7.88. The van der Waals surface area contributed by atoms with E-state index in [1.165, 1.54) is 16.1 Å². The Morgan fingerprint density at radius 1 is 1.26 bits per heavy atom. The van der Waals surface area contributed by atoms with E-state index in [1.54, 1.807) is 0 Å². The first-order chi connectivity index (χ1) is 10.8.